The van der Waals surface area contributed by atoms with E-state index in [4.69, 9.17) is 0 Å². The number of alkyl halides is 3. The smallest absolute Gasteiger partial charge is 0.385 e. The minimum atomic E-state index is -4.46. The summed E-state index contributed by atoms with van der Waals surface area (Å²) in [4.78, 5) is 14.4. The van der Waals surface area contributed by atoms with Gasteiger partial charge in [0.05, 0.1) is 12.1 Å². The van der Waals surface area contributed by atoms with Gasteiger partial charge in [-0.2, -0.15) is 13.2 Å². The van der Waals surface area contributed by atoms with Crippen molar-refractivity contribution in [2.45, 2.75) is 38.4 Å². The number of benzene rings is 1. The molecule has 0 saturated carbocycles. The van der Waals surface area contributed by atoms with Crippen LogP contribution in [0, 0.1) is 0 Å². The number of aromatic nitrogens is 1. The molecule has 0 aliphatic carbocycles. The van der Waals surface area contributed by atoms with Gasteiger partial charge in [0.25, 0.3) is 5.56 Å². The fourth-order valence-electron chi connectivity index (χ4n) is 3.47. The van der Waals surface area contributed by atoms with Crippen LogP contribution in [-0.4, -0.2) is 35.6 Å². The summed E-state index contributed by atoms with van der Waals surface area (Å²) in [7, 11) is 0. The first-order valence-electron chi connectivity index (χ1n) is 9.75. The molecule has 2 heterocycles. The number of halogens is 3. The predicted molar refractivity (Wildman–Crippen MR) is 105 cm³/mol. The van der Waals surface area contributed by atoms with Crippen LogP contribution < -0.4 is 10.9 Å². The van der Waals surface area contributed by atoms with E-state index in [-0.39, 0.29) is 6.54 Å². The molecule has 1 N–H and O–H groups in total. The van der Waals surface area contributed by atoms with Crippen LogP contribution in [0.2, 0.25) is 0 Å². The average molecular weight is 393 g/mol. The summed E-state index contributed by atoms with van der Waals surface area (Å²) in [6.07, 6.45) is 1.41. The number of nitrogens with one attached hydrogen (secondary N) is 1. The van der Waals surface area contributed by atoms with Crippen LogP contribution in [0.5, 0.6) is 0 Å². The van der Waals surface area contributed by atoms with Crippen molar-refractivity contribution < 1.29 is 13.2 Å². The monoisotopic (exact) mass is 393 g/mol. The molecule has 3 rings (SSSR count). The Balaban J connectivity index is 1.51. The number of hydrogen-bond acceptors (Lipinski definition) is 3. The lowest BCUT2D eigenvalue weighted by Crippen LogP contribution is -2.31. The van der Waals surface area contributed by atoms with Gasteiger partial charge in [-0.1, -0.05) is 18.6 Å². The van der Waals surface area contributed by atoms with Crippen LogP contribution in [0.3, 0.4) is 0 Å². The number of pyridine rings is 1. The molecule has 0 unspecified atom stereocenters. The van der Waals surface area contributed by atoms with E-state index in [1.54, 1.807) is 0 Å². The molecule has 0 spiro atoms. The highest BCUT2D eigenvalue weighted by Crippen LogP contribution is 2.28. The number of likely N-dealkylation sites (tertiary alicyclic amines) is 1. The summed E-state index contributed by atoms with van der Waals surface area (Å²) < 4.78 is 39.6. The van der Waals surface area contributed by atoms with Gasteiger partial charge in [0.15, 0.2) is 0 Å². The van der Waals surface area contributed by atoms with Crippen molar-refractivity contribution in [3.8, 4) is 0 Å². The molecule has 7 heteroatoms. The zero-order chi connectivity index (χ0) is 20.0. The Hall–Kier alpha value is -2.28. The van der Waals surface area contributed by atoms with Crippen LogP contribution >= 0.6 is 0 Å². The van der Waals surface area contributed by atoms with Gasteiger partial charge in [0.2, 0.25) is 0 Å². The number of rotatable bonds is 7. The van der Waals surface area contributed by atoms with E-state index in [1.807, 2.05) is 24.3 Å². The van der Waals surface area contributed by atoms with Crippen molar-refractivity contribution in [3.05, 3.63) is 64.1 Å². The van der Waals surface area contributed by atoms with Crippen LogP contribution in [0.15, 0.2) is 47.4 Å². The van der Waals surface area contributed by atoms with Gasteiger partial charge in [-0.25, -0.2) is 0 Å². The molecular weight excluding hydrogens is 367 g/mol. The Kier molecular flexibility index (Phi) is 6.78. The summed E-state index contributed by atoms with van der Waals surface area (Å²) in [6, 6.07) is 9.24. The summed E-state index contributed by atoms with van der Waals surface area (Å²) in [5.41, 5.74) is 0.478. The maximum Gasteiger partial charge on any atom is 0.417 e. The Bertz CT molecular complexity index is 809. The normalized spacial score (nSPS) is 15.5. The molecule has 152 valence electrons. The molecule has 0 amide bonds. The van der Waals surface area contributed by atoms with E-state index in [0.29, 0.717) is 0 Å². The van der Waals surface area contributed by atoms with Gasteiger partial charge in [0, 0.05) is 24.5 Å². The van der Waals surface area contributed by atoms with E-state index in [2.05, 4.69) is 10.2 Å². The molecular formula is C21H26F3N3O. The zero-order valence-electron chi connectivity index (χ0n) is 15.8. The molecule has 1 aliphatic rings. The van der Waals surface area contributed by atoms with Crippen molar-refractivity contribution in [2.75, 3.05) is 31.5 Å². The minimum Gasteiger partial charge on any atom is -0.385 e. The van der Waals surface area contributed by atoms with E-state index >= 15 is 0 Å². The van der Waals surface area contributed by atoms with Gasteiger partial charge in [-0.15, -0.1) is 0 Å². The Labute approximate surface area is 163 Å². The number of hydrogen-bond donors (Lipinski definition) is 1. The molecule has 1 fully saturated rings. The lowest BCUT2D eigenvalue weighted by Gasteiger charge is -2.26. The topological polar surface area (TPSA) is 37.3 Å². The zero-order valence-corrected chi connectivity index (χ0v) is 15.8. The second-order valence-corrected chi connectivity index (χ2v) is 7.26. The Morgan fingerprint density at radius 1 is 0.964 bits per heavy atom. The lowest BCUT2D eigenvalue weighted by molar-refractivity contribution is -0.138. The molecule has 0 bridgehead atoms. The van der Waals surface area contributed by atoms with Crippen molar-refractivity contribution in [1.29, 1.82) is 0 Å². The van der Waals surface area contributed by atoms with Crippen LogP contribution in [0.4, 0.5) is 18.9 Å². The molecule has 1 aromatic carbocycles. The second-order valence-electron chi connectivity index (χ2n) is 7.26. The lowest BCUT2D eigenvalue weighted by atomic mass is 10.1. The summed E-state index contributed by atoms with van der Waals surface area (Å²) >= 11 is 0. The molecule has 1 saturated heterocycles. The fraction of sp³-hybridized carbons (Fsp3) is 0.476. The third-order valence-corrected chi connectivity index (χ3v) is 5.05. The maximum absolute atomic E-state index is 12.8. The molecule has 0 atom stereocenters. The first-order valence-corrected chi connectivity index (χ1v) is 9.75. The van der Waals surface area contributed by atoms with Gasteiger partial charge in [-0.05, 0) is 62.7 Å². The standard InChI is InChI=1S/C21H26F3N3O/c22-21(23,24)18-7-10-20(28)27(16-18)15-17-5-8-19(9-6-17)25-11-4-14-26-12-2-1-3-13-26/h5-10,16,25H,1-4,11-15H2. The van der Waals surface area contributed by atoms with Crippen molar-refractivity contribution in [2.24, 2.45) is 0 Å². The summed E-state index contributed by atoms with van der Waals surface area (Å²) in [5.74, 6) is 0. The molecule has 4 nitrogen and oxygen atoms in total. The SMILES string of the molecule is O=c1ccc(C(F)(F)F)cn1Cc1ccc(NCCCN2CCCCC2)cc1. The quantitative estimate of drug-likeness (QED) is 0.717. The average Bonchev–Trinajstić information content (AvgIpc) is 2.68. The van der Waals surface area contributed by atoms with E-state index in [0.717, 1.165) is 53.7 Å². The first-order chi connectivity index (χ1) is 13.4. The number of nitrogens with zero attached hydrogens (tertiary/aromatic N) is 2. The van der Waals surface area contributed by atoms with Gasteiger partial charge >= 0.3 is 6.18 Å². The fourth-order valence-corrected chi connectivity index (χ4v) is 3.47. The summed E-state index contributed by atoms with van der Waals surface area (Å²) in [5, 5.41) is 3.37. The second kappa shape index (κ2) is 9.28. The number of anilines is 1. The van der Waals surface area contributed by atoms with Crippen molar-refractivity contribution >= 4 is 5.69 Å². The highest BCUT2D eigenvalue weighted by atomic mass is 19.4. The maximum atomic E-state index is 12.8. The summed E-state index contributed by atoms with van der Waals surface area (Å²) in [6.45, 7) is 4.48. The van der Waals surface area contributed by atoms with Gasteiger partial charge in [0.1, 0.15) is 0 Å². The molecule has 0 radical (unpaired) electrons. The largest absolute Gasteiger partial charge is 0.417 e. The molecule has 28 heavy (non-hydrogen) atoms. The first kappa shape index (κ1) is 20.5. The van der Waals surface area contributed by atoms with Gasteiger partial charge in [-0.3, -0.25) is 4.79 Å². The van der Waals surface area contributed by atoms with Crippen molar-refractivity contribution in [1.82, 2.24) is 9.47 Å². The third kappa shape index (κ3) is 5.86. The molecule has 1 aliphatic heterocycles. The van der Waals surface area contributed by atoms with Crippen LogP contribution in [0.1, 0.15) is 36.8 Å². The van der Waals surface area contributed by atoms with Crippen LogP contribution in [0.25, 0.3) is 0 Å². The molecule has 2 aromatic rings. The highest BCUT2D eigenvalue weighted by Gasteiger charge is 2.31. The third-order valence-electron chi connectivity index (χ3n) is 5.05. The van der Waals surface area contributed by atoms with Crippen LogP contribution in [-0.2, 0) is 12.7 Å². The van der Waals surface area contributed by atoms with E-state index < -0.39 is 17.3 Å². The Morgan fingerprint density at radius 2 is 1.68 bits per heavy atom. The minimum absolute atomic E-state index is 0.109. The predicted octanol–water partition coefficient (Wildman–Crippen LogP) is 4.20. The van der Waals surface area contributed by atoms with E-state index in [9.17, 15) is 18.0 Å². The van der Waals surface area contributed by atoms with E-state index in [1.165, 1.54) is 32.4 Å². The number of piperidine rings is 1. The molecule has 1 aromatic heterocycles. The van der Waals surface area contributed by atoms with Crippen molar-refractivity contribution in [3.63, 3.8) is 0 Å². The Morgan fingerprint density at radius 3 is 2.36 bits per heavy atom. The van der Waals surface area contributed by atoms with Gasteiger partial charge < -0.3 is 14.8 Å². The highest BCUT2D eigenvalue weighted by molar-refractivity contribution is 5.44.